The molecular weight excluding hydrogens is 238 g/mol. The van der Waals surface area contributed by atoms with Crippen molar-refractivity contribution in [1.82, 2.24) is 15.3 Å². The Labute approximate surface area is 114 Å². The Balaban J connectivity index is 1.76. The predicted octanol–water partition coefficient (Wildman–Crippen LogP) is 2.53. The topological polar surface area (TPSA) is 49.9 Å². The smallest absolute Gasteiger partial charge is 0.120 e. The van der Waals surface area contributed by atoms with Crippen molar-refractivity contribution in [2.45, 2.75) is 32.9 Å². The molecule has 19 heavy (non-hydrogen) atoms. The molecule has 0 atom stereocenters. The Hall–Kier alpha value is -1.81. The molecule has 4 heteroatoms. The summed E-state index contributed by atoms with van der Waals surface area (Å²) in [5.74, 6) is 1.95. The van der Waals surface area contributed by atoms with Gasteiger partial charge in [0.2, 0.25) is 0 Å². The van der Waals surface area contributed by atoms with Crippen LogP contribution >= 0.6 is 0 Å². The monoisotopic (exact) mass is 259 g/mol. The molecule has 0 unspecified atom stereocenters. The average molecular weight is 259 g/mol. The third-order valence-corrected chi connectivity index (χ3v) is 2.69. The maximum atomic E-state index is 5.68. The summed E-state index contributed by atoms with van der Waals surface area (Å²) >= 11 is 0. The average Bonchev–Trinajstić information content (AvgIpc) is 2.87. The lowest BCUT2D eigenvalue weighted by Gasteiger charge is -2.11. The summed E-state index contributed by atoms with van der Waals surface area (Å²) in [6.07, 6.45) is 4.75. The van der Waals surface area contributed by atoms with Crippen LogP contribution < -0.4 is 10.1 Å². The first kappa shape index (κ1) is 13.6. The highest BCUT2D eigenvalue weighted by Gasteiger charge is 2.00. The van der Waals surface area contributed by atoms with Gasteiger partial charge in [-0.05, 0) is 31.5 Å². The Kier molecular flexibility index (Phi) is 4.98. The summed E-state index contributed by atoms with van der Waals surface area (Å²) in [5, 5.41) is 3.40. The third-order valence-electron chi connectivity index (χ3n) is 2.69. The standard InChI is InChI=1S/C15H21N3O/c1-12(2)19-14-5-3-4-13(10-14)11-16-7-6-15-17-8-9-18-15/h3-5,8-10,12,16H,6-7,11H2,1-2H3,(H,17,18). The molecule has 0 amide bonds. The zero-order valence-corrected chi connectivity index (χ0v) is 11.5. The number of aromatic amines is 1. The molecule has 1 aromatic heterocycles. The van der Waals surface area contributed by atoms with Gasteiger partial charge in [-0.15, -0.1) is 0 Å². The second-order valence-electron chi connectivity index (χ2n) is 4.78. The van der Waals surface area contributed by atoms with Gasteiger partial charge in [-0.3, -0.25) is 0 Å². The van der Waals surface area contributed by atoms with E-state index >= 15 is 0 Å². The fourth-order valence-electron chi connectivity index (χ4n) is 1.88. The van der Waals surface area contributed by atoms with Gasteiger partial charge in [0.15, 0.2) is 0 Å². The fourth-order valence-corrected chi connectivity index (χ4v) is 1.88. The lowest BCUT2D eigenvalue weighted by atomic mass is 10.2. The fraction of sp³-hybridized carbons (Fsp3) is 0.400. The van der Waals surface area contributed by atoms with E-state index in [1.807, 2.05) is 32.2 Å². The molecule has 0 aliphatic heterocycles. The molecule has 0 aliphatic carbocycles. The van der Waals surface area contributed by atoms with Crippen molar-refractivity contribution in [2.75, 3.05) is 6.54 Å². The van der Waals surface area contributed by atoms with Gasteiger partial charge in [0.25, 0.3) is 0 Å². The van der Waals surface area contributed by atoms with Gasteiger partial charge >= 0.3 is 0 Å². The first-order valence-corrected chi connectivity index (χ1v) is 6.68. The number of nitrogens with one attached hydrogen (secondary N) is 2. The minimum Gasteiger partial charge on any atom is -0.491 e. The second-order valence-corrected chi connectivity index (χ2v) is 4.78. The molecule has 0 saturated heterocycles. The van der Waals surface area contributed by atoms with Crippen molar-refractivity contribution in [2.24, 2.45) is 0 Å². The minimum atomic E-state index is 0.210. The Bertz CT molecular complexity index is 480. The first-order valence-electron chi connectivity index (χ1n) is 6.68. The lowest BCUT2D eigenvalue weighted by Crippen LogP contribution is -2.17. The molecule has 0 bridgehead atoms. The van der Waals surface area contributed by atoms with Crippen LogP contribution in [-0.4, -0.2) is 22.6 Å². The molecule has 2 aromatic rings. The Morgan fingerprint density at radius 3 is 3.00 bits per heavy atom. The number of rotatable bonds is 7. The van der Waals surface area contributed by atoms with Crippen LogP contribution in [0.25, 0.3) is 0 Å². The number of nitrogens with zero attached hydrogens (tertiary/aromatic N) is 1. The van der Waals surface area contributed by atoms with E-state index < -0.39 is 0 Å². The van der Waals surface area contributed by atoms with Crippen molar-refractivity contribution in [1.29, 1.82) is 0 Å². The van der Waals surface area contributed by atoms with Gasteiger partial charge in [0, 0.05) is 31.9 Å². The lowest BCUT2D eigenvalue weighted by molar-refractivity contribution is 0.242. The highest BCUT2D eigenvalue weighted by atomic mass is 16.5. The quantitative estimate of drug-likeness (QED) is 0.751. The maximum absolute atomic E-state index is 5.68. The molecule has 0 saturated carbocycles. The van der Waals surface area contributed by atoms with E-state index in [0.717, 1.165) is 31.1 Å². The molecule has 0 fully saturated rings. The number of ether oxygens (including phenoxy) is 1. The number of hydrogen-bond donors (Lipinski definition) is 2. The predicted molar refractivity (Wildman–Crippen MR) is 76.2 cm³/mol. The van der Waals surface area contributed by atoms with Crippen LogP contribution in [0.3, 0.4) is 0 Å². The van der Waals surface area contributed by atoms with E-state index in [1.165, 1.54) is 5.56 Å². The van der Waals surface area contributed by atoms with Gasteiger partial charge in [-0.1, -0.05) is 12.1 Å². The van der Waals surface area contributed by atoms with Crippen molar-refractivity contribution >= 4 is 0 Å². The Morgan fingerprint density at radius 1 is 1.37 bits per heavy atom. The molecule has 1 heterocycles. The summed E-state index contributed by atoms with van der Waals surface area (Å²) in [5.41, 5.74) is 1.23. The summed E-state index contributed by atoms with van der Waals surface area (Å²) in [6.45, 7) is 5.82. The van der Waals surface area contributed by atoms with Crippen molar-refractivity contribution < 1.29 is 4.74 Å². The number of hydrogen-bond acceptors (Lipinski definition) is 3. The number of H-pyrrole nitrogens is 1. The van der Waals surface area contributed by atoms with E-state index in [2.05, 4.69) is 27.4 Å². The van der Waals surface area contributed by atoms with E-state index in [0.29, 0.717) is 0 Å². The number of benzene rings is 1. The van der Waals surface area contributed by atoms with Crippen LogP contribution in [0, 0.1) is 0 Å². The largest absolute Gasteiger partial charge is 0.491 e. The normalized spacial score (nSPS) is 10.9. The van der Waals surface area contributed by atoms with Gasteiger partial charge in [0.1, 0.15) is 11.6 Å². The summed E-state index contributed by atoms with van der Waals surface area (Å²) in [6, 6.07) is 8.21. The SMILES string of the molecule is CC(C)Oc1cccc(CNCCc2ncc[nH]2)c1. The van der Waals surface area contributed by atoms with Crippen LogP contribution in [0.1, 0.15) is 25.2 Å². The van der Waals surface area contributed by atoms with Crippen molar-refractivity contribution in [3.8, 4) is 5.75 Å². The zero-order valence-electron chi connectivity index (χ0n) is 11.5. The van der Waals surface area contributed by atoms with Crippen LogP contribution in [0.4, 0.5) is 0 Å². The van der Waals surface area contributed by atoms with E-state index in [9.17, 15) is 0 Å². The van der Waals surface area contributed by atoms with Gasteiger partial charge in [-0.25, -0.2) is 4.98 Å². The highest BCUT2D eigenvalue weighted by Crippen LogP contribution is 2.14. The second kappa shape index (κ2) is 6.95. The molecule has 0 spiro atoms. The van der Waals surface area contributed by atoms with Gasteiger partial charge in [0.05, 0.1) is 6.10 Å². The third kappa shape index (κ3) is 4.75. The molecule has 2 N–H and O–H groups in total. The van der Waals surface area contributed by atoms with Crippen LogP contribution in [0.2, 0.25) is 0 Å². The summed E-state index contributed by atoms with van der Waals surface area (Å²) in [7, 11) is 0. The zero-order chi connectivity index (χ0) is 13.5. The van der Waals surface area contributed by atoms with E-state index in [1.54, 1.807) is 6.20 Å². The van der Waals surface area contributed by atoms with Crippen LogP contribution in [-0.2, 0) is 13.0 Å². The van der Waals surface area contributed by atoms with Crippen LogP contribution in [0.5, 0.6) is 5.75 Å². The highest BCUT2D eigenvalue weighted by molar-refractivity contribution is 5.28. The molecule has 2 rings (SSSR count). The number of aromatic nitrogens is 2. The molecule has 102 valence electrons. The van der Waals surface area contributed by atoms with Crippen molar-refractivity contribution in [3.05, 3.63) is 48.0 Å². The minimum absolute atomic E-state index is 0.210. The number of imidazole rings is 1. The molecule has 0 aliphatic rings. The van der Waals surface area contributed by atoms with Crippen molar-refractivity contribution in [3.63, 3.8) is 0 Å². The van der Waals surface area contributed by atoms with E-state index in [4.69, 9.17) is 4.74 Å². The van der Waals surface area contributed by atoms with Crippen LogP contribution in [0.15, 0.2) is 36.7 Å². The molecule has 1 aromatic carbocycles. The molecular formula is C15H21N3O. The first-order chi connectivity index (χ1) is 9.24. The molecule has 0 radical (unpaired) electrons. The summed E-state index contributed by atoms with van der Waals surface area (Å²) < 4.78 is 5.68. The van der Waals surface area contributed by atoms with E-state index in [-0.39, 0.29) is 6.10 Å². The Morgan fingerprint density at radius 2 is 2.26 bits per heavy atom. The molecule has 4 nitrogen and oxygen atoms in total. The summed E-state index contributed by atoms with van der Waals surface area (Å²) in [4.78, 5) is 7.29. The van der Waals surface area contributed by atoms with Gasteiger partial charge < -0.3 is 15.0 Å². The maximum Gasteiger partial charge on any atom is 0.120 e. The van der Waals surface area contributed by atoms with Gasteiger partial charge in [-0.2, -0.15) is 0 Å².